The van der Waals surface area contributed by atoms with Crippen LogP contribution in [0.25, 0.3) is 0 Å². The number of nitrogens with two attached hydrogens (primary N) is 1. The monoisotopic (exact) mass is 784 g/mol. The fourth-order valence-electron chi connectivity index (χ4n) is 5.55. The largest absolute Gasteiger partial charge is 0.472 e. The lowest BCUT2D eigenvalue weighted by molar-refractivity contribution is -0.161. The third kappa shape index (κ3) is 38.2. The Morgan fingerprint density at radius 3 is 1.63 bits per heavy atom. The first-order valence-electron chi connectivity index (χ1n) is 21.2. The zero-order valence-corrected chi connectivity index (χ0v) is 35.0. The first kappa shape index (κ1) is 51.9. The second kappa shape index (κ2) is 39.2. The van der Waals surface area contributed by atoms with E-state index in [4.69, 9.17) is 24.3 Å². The summed E-state index contributed by atoms with van der Waals surface area (Å²) in [6.45, 7) is 3.38. The predicted molar refractivity (Wildman–Crippen MR) is 221 cm³/mol. The molecule has 4 N–H and O–H groups in total. The molecule has 0 bridgehead atoms. The third-order valence-corrected chi connectivity index (χ3v) is 9.87. The first-order valence-corrected chi connectivity index (χ1v) is 22.7. The summed E-state index contributed by atoms with van der Waals surface area (Å²) in [7, 11) is -4.40. The number of hydrogen-bond acceptors (Lipinski definition) is 9. The molecule has 3 atom stereocenters. The topological polar surface area (TPSA) is 155 Å². The number of phosphoric acid groups is 1. The maximum Gasteiger partial charge on any atom is 0.472 e. The minimum absolute atomic E-state index is 0.0384. The molecular weight excluding hydrogens is 705 g/mol. The van der Waals surface area contributed by atoms with Gasteiger partial charge < -0.3 is 25.2 Å². The predicted octanol–water partition coefficient (Wildman–Crippen LogP) is 10.9. The van der Waals surface area contributed by atoms with Gasteiger partial charge in [0, 0.05) is 19.4 Å². The number of unbranched alkanes of at least 4 members (excludes halogenated alkanes) is 15. The normalized spacial score (nSPS) is 14.4. The van der Waals surface area contributed by atoms with Crippen LogP contribution >= 0.6 is 7.82 Å². The van der Waals surface area contributed by atoms with E-state index in [1.54, 1.807) is 0 Å². The van der Waals surface area contributed by atoms with Crippen molar-refractivity contribution in [2.24, 2.45) is 5.73 Å². The Hall–Kier alpha value is -2.07. The molecule has 0 heterocycles. The number of rotatable bonds is 39. The fourth-order valence-corrected chi connectivity index (χ4v) is 6.31. The Balaban J connectivity index is 4.27. The molecule has 0 aromatic rings. The molecular formula is C43H78NO9P. The van der Waals surface area contributed by atoms with E-state index < -0.39 is 32.5 Å². The van der Waals surface area contributed by atoms with E-state index in [0.29, 0.717) is 12.8 Å². The standard InChI is InChI=1S/C43H78NO9P/c1-3-5-6-7-8-9-10-11-12-16-19-22-25-28-31-34-42(46)50-38-41(39-52-54(48,49)51-37-36-44)53-43(47)35-32-29-26-23-20-17-14-13-15-18-21-24-27-30-33-40(45)4-2/h14-15,17-18,23-24,26-27,40-41,45H,3-13,16,19-22,25,28-39,44H2,1-2H3,(H,48,49). The zero-order valence-electron chi connectivity index (χ0n) is 34.1. The second-order valence-electron chi connectivity index (χ2n) is 14.0. The maximum absolute atomic E-state index is 12.5. The summed E-state index contributed by atoms with van der Waals surface area (Å²) in [5, 5.41) is 9.55. The van der Waals surface area contributed by atoms with Gasteiger partial charge in [0.15, 0.2) is 6.10 Å². The van der Waals surface area contributed by atoms with E-state index in [9.17, 15) is 24.2 Å². The number of carbonyl (C=O) groups is 2. The van der Waals surface area contributed by atoms with Gasteiger partial charge in [-0.3, -0.25) is 18.6 Å². The molecule has 0 fully saturated rings. The number of ether oxygens (including phenoxy) is 2. The molecule has 10 nitrogen and oxygen atoms in total. The van der Waals surface area contributed by atoms with Crippen LogP contribution in [0.2, 0.25) is 0 Å². The highest BCUT2D eigenvalue weighted by molar-refractivity contribution is 7.47. The molecule has 0 rings (SSSR count). The Bertz CT molecular complexity index is 1050. The lowest BCUT2D eigenvalue weighted by atomic mass is 10.0. The van der Waals surface area contributed by atoms with E-state index in [-0.39, 0.29) is 38.7 Å². The first-order chi connectivity index (χ1) is 26.2. The molecule has 0 aliphatic carbocycles. The average Bonchev–Trinajstić information content (AvgIpc) is 3.16. The van der Waals surface area contributed by atoms with Crippen molar-refractivity contribution in [2.75, 3.05) is 26.4 Å². The third-order valence-electron chi connectivity index (χ3n) is 8.88. The molecule has 0 saturated carbocycles. The van der Waals surface area contributed by atoms with Gasteiger partial charge in [-0.25, -0.2) is 4.57 Å². The molecule has 0 saturated heterocycles. The molecule has 0 aromatic heterocycles. The molecule has 314 valence electrons. The summed E-state index contributed by atoms with van der Waals surface area (Å²) in [5.74, 6) is -0.911. The number of aliphatic hydroxyl groups is 1. The Labute approximate surface area is 329 Å². The van der Waals surface area contributed by atoms with Crippen molar-refractivity contribution in [3.63, 3.8) is 0 Å². The number of allylic oxidation sites excluding steroid dienone is 8. The fraction of sp³-hybridized carbons (Fsp3) is 0.767. The van der Waals surface area contributed by atoms with Gasteiger partial charge in [-0.1, -0.05) is 152 Å². The number of esters is 2. The molecule has 0 aliphatic rings. The van der Waals surface area contributed by atoms with Crippen LogP contribution in [0.3, 0.4) is 0 Å². The van der Waals surface area contributed by atoms with Crippen LogP contribution < -0.4 is 5.73 Å². The van der Waals surface area contributed by atoms with Crippen LogP contribution in [0.4, 0.5) is 0 Å². The summed E-state index contributed by atoms with van der Waals surface area (Å²) >= 11 is 0. The molecule has 0 amide bonds. The van der Waals surface area contributed by atoms with E-state index in [1.807, 2.05) is 19.1 Å². The van der Waals surface area contributed by atoms with Crippen molar-refractivity contribution in [1.29, 1.82) is 0 Å². The SMILES string of the molecule is CCCCCCCCCCCCCCCCCC(=O)OCC(COP(=O)(O)OCCN)OC(=O)CCCC=CCC=CCC=CCC=CCCC(O)CC. The molecule has 3 unspecified atom stereocenters. The Kier molecular flexibility index (Phi) is 37.7. The van der Waals surface area contributed by atoms with Gasteiger partial charge >= 0.3 is 19.8 Å². The maximum atomic E-state index is 12.5. The molecule has 0 spiro atoms. The second-order valence-corrected chi connectivity index (χ2v) is 15.5. The Morgan fingerprint density at radius 1 is 0.630 bits per heavy atom. The highest BCUT2D eigenvalue weighted by Crippen LogP contribution is 2.43. The molecule has 0 aliphatic heterocycles. The molecule has 0 aromatic carbocycles. The van der Waals surface area contributed by atoms with Gasteiger partial charge in [0.25, 0.3) is 0 Å². The minimum Gasteiger partial charge on any atom is -0.462 e. The smallest absolute Gasteiger partial charge is 0.462 e. The number of hydrogen-bond donors (Lipinski definition) is 3. The van der Waals surface area contributed by atoms with Gasteiger partial charge in [0.2, 0.25) is 0 Å². The van der Waals surface area contributed by atoms with Gasteiger partial charge in [-0.05, 0) is 57.8 Å². The number of carbonyl (C=O) groups excluding carboxylic acids is 2. The zero-order chi connectivity index (χ0) is 39.8. The van der Waals surface area contributed by atoms with Gasteiger partial charge in [0.1, 0.15) is 6.61 Å². The van der Waals surface area contributed by atoms with Crippen LogP contribution in [-0.4, -0.2) is 60.5 Å². The van der Waals surface area contributed by atoms with Crippen molar-refractivity contribution >= 4 is 19.8 Å². The lowest BCUT2D eigenvalue weighted by Crippen LogP contribution is -2.29. The quantitative estimate of drug-likeness (QED) is 0.0237. The van der Waals surface area contributed by atoms with Crippen LogP contribution in [0, 0.1) is 0 Å². The molecule has 54 heavy (non-hydrogen) atoms. The lowest BCUT2D eigenvalue weighted by Gasteiger charge is -2.19. The van der Waals surface area contributed by atoms with E-state index >= 15 is 0 Å². The highest BCUT2D eigenvalue weighted by atomic mass is 31.2. The minimum atomic E-state index is -4.40. The number of aliphatic hydroxyl groups excluding tert-OH is 1. The summed E-state index contributed by atoms with van der Waals surface area (Å²) < 4.78 is 32.7. The van der Waals surface area contributed by atoms with E-state index in [1.165, 1.54) is 77.0 Å². The van der Waals surface area contributed by atoms with Crippen LogP contribution in [-0.2, 0) is 32.7 Å². The Morgan fingerprint density at radius 2 is 1.11 bits per heavy atom. The van der Waals surface area contributed by atoms with E-state index in [2.05, 4.69) is 43.4 Å². The van der Waals surface area contributed by atoms with Crippen molar-refractivity contribution in [2.45, 2.75) is 187 Å². The van der Waals surface area contributed by atoms with Crippen molar-refractivity contribution in [3.05, 3.63) is 48.6 Å². The van der Waals surface area contributed by atoms with E-state index in [0.717, 1.165) is 57.8 Å². The summed E-state index contributed by atoms with van der Waals surface area (Å²) in [5.41, 5.74) is 5.34. The molecule has 0 radical (unpaired) electrons. The van der Waals surface area contributed by atoms with Crippen LogP contribution in [0.5, 0.6) is 0 Å². The summed E-state index contributed by atoms with van der Waals surface area (Å²) in [6, 6.07) is 0. The van der Waals surface area contributed by atoms with Crippen molar-refractivity contribution in [3.8, 4) is 0 Å². The van der Waals surface area contributed by atoms with Gasteiger partial charge in [-0.15, -0.1) is 0 Å². The summed E-state index contributed by atoms with van der Waals surface area (Å²) in [6.07, 6.45) is 40.9. The van der Waals surface area contributed by atoms with Crippen molar-refractivity contribution < 1.29 is 42.7 Å². The molecule has 11 heteroatoms. The van der Waals surface area contributed by atoms with Crippen LogP contribution in [0.15, 0.2) is 48.6 Å². The van der Waals surface area contributed by atoms with Crippen molar-refractivity contribution in [1.82, 2.24) is 0 Å². The number of phosphoric ester groups is 1. The van der Waals surface area contributed by atoms with Gasteiger partial charge in [-0.2, -0.15) is 0 Å². The highest BCUT2D eigenvalue weighted by Gasteiger charge is 2.25. The average molecular weight is 784 g/mol. The summed E-state index contributed by atoms with van der Waals surface area (Å²) in [4.78, 5) is 34.8. The van der Waals surface area contributed by atoms with Crippen LogP contribution in [0.1, 0.15) is 174 Å². The van der Waals surface area contributed by atoms with Gasteiger partial charge in [0.05, 0.1) is 19.3 Å².